The van der Waals surface area contributed by atoms with Gasteiger partial charge in [0, 0.05) is 17.2 Å². The van der Waals surface area contributed by atoms with Crippen LogP contribution in [-0.2, 0) is 10.0 Å². The van der Waals surface area contributed by atoms with E-state index in [0.29, 0.717) is 5.75 Å². The summed E-state index contributed by atoms with van der Waals surface area (Å²) in [6, 6.07) is 13.0. The molecule has 0 amide bonds. The third-order valence-corrected chi connectivity index (χ3v) is 5.26. The van der Waals surface area contributed by atoms with Gasteiger partial charge in [0.1, 0.15) is 5.82 Å². The van der Waals surface area contributed by atoms with Crippen molar-refractivity contribution in [2.24, 2.45) is 0 Å². The average Bonchev–Trinajstić information content (AvgIpc) is 2.45. The predicted octanol–water partition coefficient (Wildman–Crippen LogP) is 3.20. The predicted molar refractivity (Wildman–Crippen MR) is 83.5 cm³/mol. The minimum absolute atomic E-state index is 0.0529. The number of aryl methyl sites for hydroxylation is 1. The molecular formula is C15H16FNO2S2. The fourth-order valence-electron chi connectivity index (χ4n) is 1.70. The van der Waals surface area contributed by atoms with Crippen LogP contribution in [0.15, 0.2) is 58.3 Å². The molecular weight excluding hydrogens is 309 g/mol. The van der Waals surface area contributed by atoms with Crippen LogP contribution in [0.5, 0.6) is 0 Å². The van der Waals surface area contributed by atoms with Gasteiger partial charge in [-0.3, -0.25) is 0 Å². The van der Waals surface area contributed by atoms with Crippen LogP contribution in [0.1, 0.15) is 5.56 Å². The van der Waals surface area contributed by atoms with E-state index in [1.807, 2.05) is 31.2 Å². The minimum Gasteiger partial charge on any atom is -0.210 e. The van der Waals surface area contributed by atoms with Crippen LogP contribution in [-0.4, -0.2) is 20.7 Å². The Morgan fingerprint density at radius 2 is 1.86 bits per heavy atom. The van der Waals surface area contributed by atoms with Crippen LogP contribution < -0.4 is 4.72 Å². The number of sulfonamides is 1. The number of hydrogen-bond donors (Lipinski definition) is 1. The lowest BCUT2D eigenvalue weighted by molar-refractivity contribution is 0.580. The van der Waals surface area contributed by atoms with Crippen LogP contribution in [0.25, 0.3) is 0 Å². The highest BCUT2D eigenvalue weighted by atomic mass is 32.2. The SMILES string of the molecule is Cc1ccc(SCCNS(=O)(=O)c2cccc(F)c2)cc1. The fraction of sp³-hybridized carbons (Fsp3) is 0.200. The molecule has 2 aromatic carbocycles. The van der Waals surface area contributed by atoms with Gasteiger partial charge in [0.05, 0.1) is 4.90 Å². The maximum atomic E-state index is 13.0. The van der Waals surface area contributed by atoms with Crippen LogP contribution >= 0.6 is 11.8 Å². The minimum atomic E-state index is -3.65. The normalized spacial score (nSPS) is 11.5. The third-order valence-electron chi connectivity index (χ3n) is 2.79. The van der Waals surface area contributed by atoms with Gasteiger partial charge in [0.15, 0.2) is 0 Å². The van der Waals surface area contributed by atoms with Crippen molar-refractivity contribution < 1.29 is 12.8 Å². The maximum absolute atomic E-state index is 13.0. The number of benzene rings is 2. The molecule has 0 aromatic heterocycles. The molecule has 0 aliphatic carbocycles. The van der Waals surface area contributed by atoms with Crippen LogP contribution in [0.4, 0.5) is 4.39 Å². The first-order valence-corrected chi connectivity index (χ1v) is 8.89. The van der Waals surface area contributed by atoms with E-state index in [2.05, 4.69) is 4.72 Å². The Bertz CT molecular complexity index is 700. The largest absolute Gasteiger partial charge is 0.240 e. The number of thioether (sulfide) groups is 1. The van der Waals surface area contributed by atoms with Crippen molar-refractivity contribution in [2.75, 3.05) is 12.3 Å². The zero-order valence-electron chi connectivity index (χ0n) is 11.5. The zero-order valence-corrected chi connectivity index (χ0v) is 13.2. The maximum Gasteiger partial charge on any atom is 0.240 e. The molecule has 0 heterocycles. The van der Waals surface area contributed by atoms with Crippen molar-refractivity contribution in [3.63, 3.8) is 0 Å². The van der Waals surface area contributed by atoms with E-state index in [4.69, 9.17) is 0 Å². The first-order valence-electron chi connectivity index (χ1n) is 6.42. The average molecular weight is 325 g/mol. The van der Waals surface area contributed by atoms with Gasteiger partial charge in [-0.25, -0.2) is 17.5 Å². The van der Waals surface area contributed by atoms with E-state index < -0.39 is 15.8 Å². The van der Waals surface area contributed by atoms with Crippen molar-refractivity contribution in [1.82, 2.24) is 4.72 Å². The number of rotatable bonds is 6. The van der Waals surface area contributed by atoms with Crippen molar-refractivity contribution >= 4 is 21.8 Å². The number of nitrogens with one attached hydrogen (secondary N) is 1. The zero-order chi connectivity index (χ0) is 15.3. The Labute approximate surface area is 128 Å². The molecule has 0 radical (unpaired) electrons. The summed E-state index contributed by atoms with van der Waals surface area (Å²) in [7, 11) is -3.65. The molecule has 0 aliphatic rings. The summed E-state index contributed by atoms with van der Waals surface area (Å²) in [6.45, 7) is 2.30. The highest BCUT2D eigenvalue weighted by molar-refractivity contribution is 7.99. The Hall–Kier alpha value is -1.37. The highest BCUT2D eigenvalue weighted by Gasteiger charge is 2.13. The van der Waals surface area contributed by atoms with Gasteiger partial charge in [-0.05, 0) is 37.3 Å². The molecule has 0 bridgehead atoms. The summed E-state index contributed by atoms with van der Waals surface area (Å²) in [5.74, 6) is 0.0457. The van der Waals surface area contributed by atoms with Crippen molar-refractivity contribution in [3.05, 3.63) is 59.9 Å². The van der Waals surface area contributed by atoms with E-state index in [9.17, 15) is 12.8 Å². The first kappa shape index (κ1) is 16.0. The molecule has 1 N–H and O–H groups in total. The molecule has 112 valence electrons. The molecule has 0 saturated carbocycles. The van der Waals surface area contributed by atoms with Gasteiger partial charge in [0.25, 0.3) is 0 Å². The molecule has 0 aliphatic heterocycles. The van der Waals surface area contributed by atoms with Gasteiger partial charge in [-0.2, -0.15) is 0 Å². The Morgan fingerprint density at radius 3 is 2.52 bits per heavy atom. The second kappa shape index (κ2) is 7.06. The lowest BCUT2D eigenvalue weighted by atomic mass is 10.2. The van der Waals surface area contributed by atoms with Gasteiger partial charge >= 0.3 is 0 Å². The fourth-order valence-corrected chi connectivity index (χ4v) is 3.66. The van der Waals surface area contributed by atoms with Crippen LogP contribution in [0, 0.1) is 12.7 Å². The first-order chi connectivity index (χ1) is 9.97. The van der Waals surface area contributed by atoms with Crippen molar-refractivity contribution in [2.45, 2.75) is 16.7 Å². The molecule has 21 heavy (non-hydrogen) atoms. The Balaban J connectivity index is 1.86. The van der Waals surface area contributed by atoms with Crippen molar-refractivity contribution in [1.29, 1.82) is 0 Å². The second-order valence-electron chi connectivity index (χ2n) is 4.52. The molecule has 0 saturated heterocycles. The monoisotopic (exact) mass is 325 g/mol. The van der Waals surface area contributed by atoms with Gasteiger partial charge in [-0.15, -0.1) is 11.8 Å². The summed E-state index contributed by atoms with van der Waals surface area (Å²) < 4.78 is 39.4. The van der Waals surface area contributed by atoms with Crippen LogP contribution in [0.2, 0.25) is 0 Å². The summed E-state index contributed by atoms with van der Waals surface area (Å²) in [4.78, 5) is 1.04. The summed E-state index contributed by atoms with van der Waals surface area (Å²) >= 11 is 1.57. The van der Waals surface area contributed by atoms with Crippen LogP contribution in [0.3, 0.4) is 0 Å². The van der Waals surface area contributed by atoms with E-state index in [0.717, 1.165) is 11.0 Å². The van der Waals surface area contributed by atoms with E-state index in [1.165, 1.54) is 23.8 Å². The Morgan fingerprint density at radius 1 is 1.14 bits per heavy atom. The van der Waals surface area contributed by atoms with E-state index >= 15 is 0 Å². The van der Waals surface area contributed by atoms with Crippen molar-refractivity contribution in [3.8, 4) is 0 Å². The van der Waals surface area contributed by atoms with E-state index in [-0.39, 0.29) is 11.4 Å². The third kappa shape index (κ3) is 4.84. The molecule has 2 aromatic rings. The second-order valence-corrected chi connectivity index (χ2v) is 7.45. The van der Waals surface area contributed by atoms with Gasteiger partial charge in [0.2, 0.25) is 10.0 Å². The summed E-state index contributed by atoms with van der Waals surface area (Å²) in [6.07, 6.45) is 0. The molecule has 0 fully saturated rings. The lowest BCUT2D eigenvalue weighted by Gasteiger charge is -2.07. The molecule has 0 spiro atoms. The topological polar surface area (TPSA) is 46.2 Å². The van der Waals surface area contributed by atoms with E-state index in [1.54, 1.807) is 11.8 Å². The lowest BCUT2D eigenvalue weighted by Crippen LogP contribution is -2.26. The molecule has 6 heteroatoms. The molecule has 0 unspecified atom stereocenters. The molecule has 2 rings (SSSR count). The number of hydrogen-bond acceptors (Lipinski definition) is 3. The quantitative estimate of drug-likeness (QED) is 0.655. The molecule has 3 nitrogen and oxygen atoms in total. The standard InChI is InChI=1S/C15H16FNO2S2/c1-12-5-7-14(8-6-12)20-10-9-17-21(18,19)15-4-2-3-13(16)11-15/h2-8,11,17H,9-10H2,1H3. The van der Waals surface area contributed by atoms with Gasteiger partial charge in [-0.1, -0.05) is 23.8 Å². The Kier molecular flexibility index (Phi) is 5.39. The highest BCUT2D eigenvalue weighted by Crippen LogP contribution is 2.18. The molecule has 0 atom stereocenters. The number of halogens is 1. The summed E-state index contributed by atoms with van der Waals surface area (Å²) in [5, 5.41) is 0. The summed E-state index contributed by atoms with van der Waals surface area (Å²) in [5.41, 5.74) is 1.19. The van der Waals surface area contributed by atoms with Gasteiger partial charge < -0.3 is 0 Å². The smallest absolute Gasteiger partial charge is 0.210 e.